The summed E-state index contributed by atoms with van der Waals surface area (Å²) in [6.07, 6.45) is 1.92. The van der Waals surface area contributed by atoms with Gasteiger partial charge in [0.25, 0.3) is 0 Å². The van der Waals surface area contributed by atoms with Crippen molar-refractivity contribution < 1.29 is 4.68 Å². The maximum atomic E-state index is 4.96. The minimum absolute atomic E-state index is 1.04. The van der Waals surface area contributed by atoms with Gasteiger partial charge >= 0.3 is 0 Å². The van der Waals surface area contributed by atoms with Crippen molar-refractivity contribution in [3.05, 3.63) is 139 Å². The molecule has 0 saturated carbocycles. The zero-order chi connectivity index (χ0) is 21.6. The average Bonchev–Trinajstić information content (AvgIpc) is 2.89. The van der Waals surface area contributed by atoms with Crippen molar-refractivity contribution in [3.63, 3.8) is 0 Å². The Bertz CT molecular complexity index is 1270. The lowest BCUT2D eigenvalue weighted by Gasteiger charge is -2.09. The van der Waals surface area contributed by atoms with Gasteiger partial charge in [-0.05, 0) is 50.7 Å². The number of hydrogen-bond donors (Lipinski definition) is 0. The van der Waals surface area contributed by atoms with Gasteiger partial charge in [0.2, 0.25) is 11.4 Å². The molecule has 2 heteroatoms. The monoisotopic (exact) mass is 411 g/mol. The van der Waals surface area contributed by atoms with Gasteiger partial charge in [-0.25, -0.2) is 0 Å². The second-order valence-corrected chi connectivity index (χ2v) is 7.58. The molecule has 0 aliphatic heterocycles. The normalized spacial score (nSPS) is 11.0. The molecule has 0 N–H and O–H groups in total. The molecular weight excluding hydrogens is 388 g/mol. The standard InChI is InChI=1S/C30H23N2/c1-5-13-24(14-6-1)23-31-32-29(26-17-9-3-10-18-26)21-28(25-15-7-2-8-16-25)22-30(32)27-19-11-4-12-20-27/h1-23H/q+1/b31-23-. The van der Waals surface area contributed by atoms with Gasteiger partial charge in [-0.2, -0.15) is 0 Å². The lowest BCUT2D eigenvalue weighted by atomic mass is 10.00. The van der Waals surface area contributed by atoms with Crippen LogP contribution < -0.4 is 4.68 Å². The van der Waals surface area contributed by atoms with Gasteiger partial charge in [-0.1, -0.05) is 97.1 Å². The fraction of sp³-hybridized carbons (Fsp3) is 0. The molecule has 0 unspecified atom stereocenters. The zero-order valence-electron chi connectivity index (χ0n) is 17.7. The summed E-state index contributed by atoms with van der Waals surface area (Å²) < 4.78 is 2.05. The Morgan fingerprint density at radius 3 is 1.31 bits per heavy atom. The van der Waals surface area contributed by atoms with Gasteiger partial charge < -0.3 is 0 Å². The number of benzene rings is 4. The highest BCUT2D eigenvalue weighted by Gasteiger charge is 2.23. The predicted molar refractivity (Wildman–Crippen MR) is 132 cm³/mol. The third-order valence-electron chi connectivity index (χ3n) is 5.41. The van der Waals surface area contributed by atoms with E-state index in [4.69, 9.17) is 5.10 Å². The Kier molecular flexibility index (Phi) is 5.67. The first kappa shape index (κ1) is 19.7. The lowest BCUT2D eigenvalue weighted by Crippen LogP contribution is -2.34. The van der Waals surface area contributed by atoms with Crippen LogP contribution >= 0.6 is 0 Å². The number of pyridine rings is 1. The highest BCUT2D eigenvalue weighted by atomic mass is 15.3. The molecule has 0 amide bonds. The van der Waals surface area contributed by atoms with Gasteiger partial charge in [-0.15, -0.1) is 0 Å². The summed E-state index contributed by atoms with van der Waals surface area (Å²) in [7, 11) is 0. The molecule has 5 aromatic rings. The van der Waals surface area contributed by atoms with Crippen molar-refractivity contribution in [1.82, 2.24) is 0 Å². The molecule has 0 bridgehead atoms. The molecule has 0 aliphatic rings. The van der Waals surface area contributed by atoms with E-state index in [2.05, 4.69) is 97.1 Å². The molecule has 0 fully saturated rings. The number of hydrogen-bond acceptors (Lipinski definition) is 1. The predicted octanol–water partition coefficient (Wildman–Crippen LogP) is 6.86. The van der Waals surface area contributed by atoms with Crippen LogP contribution in [0.15, 0.2) is 139 Å². The molecule has 32 heavy (non-hydrogen) atoms. The first-order chi connectivity index (χ1) is 15.9. The summed E-state index contributed by atoms with van der Waals surface area (Å²) in [6, 6.07) is 46.0. The maximum Gasteiger partial charge on any atom is 0.246 e. The summed E-state index contributed by atoms with van der Waals surface area (Å²) in [4.78, 5) is 0. The van der Waals surface area contributed by atoms with E-state index in [-0.39, 0.29) is 0 Å². The quantitative estimate of drug-likeness (QED) is 0.222. The van der Waals surface area contributed by atoms with Crippen LogP contribution in [0.25, 0.3) is 33.6 Å². The minimum atomic E-state index is 1.04. The third kappa shape index (κ3) is 4.26. The Morgan fingerprint density at radius 2 is 0.844 bits per heavy atom. The molecule has 4 aromatic carbocycles. The van der Waals surface area contributed by atoms with Gasteiger partial charge in [-0.3, -0.25) is 0 Å². The molecule has 2 nitrogen and oxygen atoms in total. The first-order valence-corrected chi connectivity index (χ1v) is 10.7. The minimum Gasteiger partial charge on any atom is -0.0622 e. The third-order valence-corrected chi connectivity index (χ3v) is 5.41. The first-order valence-electron chi connectivity index (χ1n) is 10.7. The van der Waals surface area contributed by atoms with Crippen LogP contribution in [-0.4, -0.2) is 6.21 Å². The van der Waals surface area contributed by atoms with E-state index < -0.39 is 0 Å². The van der Waals surface area contributed by atoms with Crippen LogP contribution in [-0.2, 0) is 0 Å². The fourth-order valence-electron chi connectivity index (χ4n) is 3.80. The molecule has 152 valence electrons. The lowest BCUT2D eigenvalue weighted by molar-refractivity contribution is -0.656. The Morgan fingerprint density at radius 1 is 0.438 bits per heavy atom. The summed E-state index contributed by atoms with van der Waals surface area (Å²) in [5, 5.41) is 4.96. The maximum absolute atomic E-state index is 4.96. The second kappa shape index (κ2) is 9.23. The molecule has 0 saturated heterocycles. The Labute approximate surface area is 188 Å². The molecule has 0 atom stereocenters. The van der Waals surface area contributed by atoms with Crippen LogP contribution in [0.3, 0.4) is 0 Å². The van der Waals surface area contributed by atoms with E-state index in [1.54, 1.807) is 0 Å². The van der Waals surface area contributed by atoms with Gasteiger partial charge in [0.15, 0.2) is 0 Å². The Hall–Kier alpha value is -4.30. The average molecular weight is 412 g/mol. The van der Waals surface area contributed by atoms with E-state index in [1.165, 1.54) is 5.56 Å². The van der Waals surface area contributed by atoms with Crippen molar-refractivity contribution in [2.75, 3.05) is 0 Å². The van der Waals surface area contributed by atoms with E-state index in [0.717, 1.165) is 33.6 Å². The number of nitrogens with zero attached hydrogens (tertiary/aromatic N) is 2. The van der Waals surface area contributed by atoms with Crippen molar-refractivity contribution in [2.45, 2.75) is 0 Å². The van der Waals surface area contributed by atoms with Gasteiger partial charge in [0.05, 0.1) is 0 Å². The summed E-state index contributed by atoms with van der Waals surface area (Å²) in [5.41, 5.74) is 7.72. The molecule has 1 heterocycles. The Balaban J connectivity index is 1.78. The summed E-state index contributed by atoms with van der Waals surface area (Å²) in [6.45, 7) is 0. The van der Waals surface area contributed by atoms with Crippen molar-refractivity contribution in [2.24, 2.45) is 5.10 Å². The van der Waals surface area contributed by atoms with Crippen molar-refractivity contribution >= 4 is 6.21 Å². The van der Waals surface area contributed by atoms with E-state index in [0.29, 0.717) is 0 Å². The van der Waals surface area contributed by atoms with Crippen LogP contribution in [0.4, 0.5) is 0 Å². The SMILES string of the molecule is C(=N/[n+]1c(-c2ccccc2)cc(-c2ccccc2)cc1-c1ccccc1)/c1ccccc1. The zero-order valence-corrected chi connectivity index (χ0v) is 17.7. The van der Waals surface area contributed by atoms with Gasteiger partial charge in [0.1, 0.15) is 6.21 Å². The van der Waals surface area contributed by atoms with E-state index in [1.807, 2.05) is 47.3 Å². The van der Waals surface area contributed by atoms with E-state index >= 15 is 0 Å². The largest absolute Gasteiger partial charge is 0.246 e. The fourth-order valence-corrected chi connectivity index (χ4v) is 3.80. The molecule has 1 aromatic heterocycles. The molecule has 5 rings (SSSR count). The number of aromatic nitrogens is 1. The smallest absolute Gasteiger partial charge is 0.0622 e. The second-order valence-electron chi connectivity index (χ2n) is 7.58. The van der Waals surface area contributed by atoms with Crippen molar-refractivity contribution in [3.8, 4) is 33.6 Å². The van der Waals surface area contributed by atoms with Crippen molar-refractivity contribution in [1.29, 1.82) is 0 Å². The highest BCUT2D eigenvalue weighted by Crippen LogP contribution is 2.29. The summed E-state index contributed by atoms with van der Waals surface area (Å²) >= 11 is 0. The molecular formula is C30H23N2+. The van der Waals surface area contributed by atoms with Gasteiger partial charge in [0, 0.05) is 23.3 Å². The van der Waals surface area contributed by atoms with Crippen LogP contribution in [0.1, 0.15) is 5.56 Å². The molecule has 0 radical (unpaired) electrons. The summed E-state index contributed by atoms with van der Waals surface area (Å²) in [5.74, 6) is 0. The van der Waals surface area contributed by atoms with Crippen LogP contribution in [0.2, 0.25) is 0 Å². The topological polar surface area (TPSA) is 16.2 Å². The van der Waals surface area contributed by atoms with E-state index in [9.17, 15) is 0 Å². The number of rotatable bonds is 5. The molecule has 0 spiro atoms. The van der Waals surface area contributed by atoms with Crippen LogP contribution in [0.5, 0.6) is 0 Å². The highest BCUT2D eigenvalue weighted by molar-refractivity contribution is 5.79. The van der Waals surface area contributed by atoms with Crippen LogP contribution in [0, 0.1) is 0 Å². The molecule has 0 aliphatic carbocycles.